The van der Waals surface area contributed by atoms with E-state index < -0.39 is 10.0 Å². The largest absolute Gasteiger partial charge is 0.495 e. The molecule has 21 heavy (non-hydrogen) atoms. The van der Waals surface area contributed by atoms with Gasteiger partial charge in [0.1, 0.15) is 10.6 Å². The molecule has 0 saturated carbocycles. The van der Waals surface area contributed by atoms with Crippen LogP contribution in [0.3, 0.4) is 0 Å². The van der Waals surface area contributed by atoms with E-state index in [1.54, 1.807) is 12.1 Å². The van der Waals surface area contributed by atoms with Crippen molar-refractivity contribution in [3.8, 4) is 5.75 Å². The average Bonchev–Trinajstić information content (AvgIpc) is 2.90. The Kier molecular flexibility index (Phi) is 5.21. The first-order chi connectivity index (χ1) is 9.97. The van der Waals surface area contributed by atoms with Crippen molar-refractivity contribution in [2.75, 3.05) is 20.3 Å². The minimum absolute atomic E-state index is 0.0446. The van der Waals surface area contributed by atoms with Gasteiger partial charge in [-0.15, -0.1) is 0 Å². The van der Waals surface area contributed by atoms with Crippen molar-refractivity contribution in [2.45, 2.75) is 31.0 Å². The molecule has 1 saturated heterocycles. The van der Waals surface area contributed by atoms with Gasteiger partial charge in [0, 0.05) is 19.1 Å². The highest BCUT2D eigenvalue weighted by molar-refractivity contribution is 7.89. The van der Waals surface area contributed by atoms with Gasteiger partial charge in [0.25, 0.3) is 0 Å². The van der Waals surface area contributed by atoms with E-state index in [1.807, 2.05) is 6.92 Å². The summed E-state index contributed by atoms with van der Waals surface area (Å²) in [6.45, 7) is 2.71. The number of rotatable bonds is 6. The van der Waals surface area contributed by atoms with Crippen LogP contribution in [0.1, 0.15) is 18.9 Å². The molecule has 0 spiro atoms. The zero-order chi connectivity index (χ0) is 15.5. The van der Waals surface area contributed by atoms with E-state index in [4.69, 9.17) is 14.6 Å². The molecule has 2 unspecified atom stereocenters. The number of nitrogens with one attached hydrogen (secondary N) is 1. The molecule has 1 aromatic rings. The number of methoxy groups -OCH3 is 1. The molecule has 6 nitrogen and oxygen atoms in total. The van der Waals surface area contributed by atoms with Crippen molar-refractivity contribution in [3.63, 3.8) is 0 Å². The Morgan fingerprint density at radius 1 is 1.48 bits per heavy atom. The summed E-state index contributed by atoms with van der Waals surface area (Å²) in [5, 5.41) is 9.16. The molecule has 1 heterocycles. The second kappa shape index (κ2) is 6.74. The number of aliphatic hydroxyl groups excluding tert-OH is 1. The van der Waals surface area contributed by atoms with Crippen molar-refractivity contribution in [1.82, 2.24) is 4.72 Å². The standard InChI is InChI=1S/C14H21NO5S/c1-10-12(5-6-20-10)8-15-21(17,18)14-7-11(9-16)3-4-13(14)19-2/h3-4,7,10,12,15-16H,5-6,8-9H2,1-2H3. The molecule has 0 aromatic heterocycles. The lowest BCUT2D eigenvalue weighted by atomic mass is 10.0. The quantitative estimate of drug-likeness (QED) is 0.814. The van der Waals surface area contributed by atoms with Gasteiger partial charge in [0.2, 0.25) is 10.0 Å². The molecule has 7 heteroatoms. The summed E-state index contributed by atoms with van der Waals surface area (Å²) in [5.74, 6) is 0.433. The summed E-state index contributed by atoms with van der Waals surface area (Å²) >= 11 is 0. The van der Waals surface area contributed by atoms with E-state index in [0.717, 1.165) is 6.42 Å². The molecule has 1 aliphatic heterocycles. The van der Waals surface area contributed by atoms with Crippen LogP contribution in [0.15, 0.2) is 23.1 Å². The van der Waals surface area contributed by atoms with Gasteiger partial charge in [0.15, 0.2) is 0 Å². The van der Waals surface area contributed by atoms with Crippen LogP contribution in [0.25, 0.3) is 0 Å². The van der Waals surface area contributed by atoms with Crippen LogP contribution in [0.5, 0.6) is 5.75 Å². The SMILES string of the molecule is COc1ccc(CO)cc1S(=O)(=O)NCC1CCOC1C. The highest BCUT2D eigenvalue weighted by atomic mass is 32.2. The monoisotopic (exact) mass is 315 g/mol. The Hall–Kier alpha value is -1.15. The predicted molar refractivity (Wildman–Crippen MR) is 77.6 cm³/mol. The first kappa shape index (κ1) is 16.2. The lowest BCUT2D eigenvalue weighted by Gasteiger charge is -2.16. The van der Waals surface area contributed by atoms with Crippen molar-refractivity contribution >= 4 is 10.0 Å². The van der Waals surface area contributed by atoms with Gasteiger partial charge in [0.05, 0.1) is 19.8 Å². The zero-order valence-corrected chi connectivity index (χ0v) is 13.0. The number of hydrogen-bond donors (Lipinski definition) is 2. The van der Waals surface area contributed by atoms with Gasteiger partial charge in [-0.2, -0.15) is 0 Å². The van der Waals surface area contributed by atoms with Crippen LogP contribution in [-0.4, -0.2) is 39.9 Å². The van der Waals surface area contributed by atoms with Crippen LogP contribution >= 0.6 is 0 Å². The van der Waals surface area contributed by atoms with Gasteiger partial charge >= 0.3 is 0 Å². The van der Waals surface area contributed by atoms with E-state index >= 15 is 0 Å². The molecule has 0 aliphatic carbocycles. The lowest BCUT2D eigenvalue weighted by Crippen LogP contribution is -2.32. The fraction of sp³-hybridized carbons (Fsp3) is 0.571. The second-order valence-corrected chi connectivity index (χ2v) is 6.86. The van der Waals surface area contributed by atoms with E-state index in [2.05, 4.69) is 4.72 Å². The molecule has 2 rings (SSSR count). The molecule has 2 N–H and O–H groups in total. The van der Waals surface area contributed by atoms with Crippen molar-refractivity contribution in [2.24, 2.45) is 5.92 Å². The predicted octanol–water partition coefficient (Wildman–Crippen LogP) is 0.891. The summed E-state index contributed by atoms with van der Waals surface area (Å²) in [6, 6.07) is 4.60. The summed E-state index contributed by atoms with van der Waals surface area (Å²) in [4.78, 5) is 0.0446. The lowest BCUT2D eigenvalue weighted by molar-refractivity contribution is 0.107. The highest BCUT2D eigenvalue weighted by Crippen LogP contribution is 2.26. The van der Waals surface area contributed by atoms with E-state index in [0.29, 0.717) is 18.7 Å². The Bertz CT molecular complexity index is 587. The minimum atomic E-state index is -3.69. The average molecular weight is 315 g/mol. The van der Waals surface area contributed by atoms with Gasteiger partial charge in [-0.3, -0.25) is 0 Å². The molecule has 1 aromatic carbocycles. The summed E-state index contributed by atoms with van der Waals surface area (Å²) in [5.41, 5.74) is 0.522. The Labute approximate surface area is 125 Å². The van der Waals surface area contributed by atoms with Gasteiger partial charge in [-0.25, -0.2) is 13.1 Å². The maximum atomic E-state index is 12.4. The molecule has 0 amide bonds. The number of ether oxygens (including phenoxy) is 2. The van der Waals surface area contributed by atoms with E-state index in [-0.39, 0.29) is 29.3 Å². The maximum Gasteiger partial charge on any atom is 0.244 e. The van der Waals surface area contributed by atoms with Gasteiger partial charge < -0.3 is 14.6 Å². The zero-order valence-electron chi connectivity index (χ0n) is 12.2. The molecule has 0 radical (unpaired) electrons. The molecule has 2 atom stereocenters. The maximum absolute atomic E-state index is 12.4. The van der Waals surface area contributed by atoms with Crippen molar-refractivity contribution < 1.29 is 23.0 Å². The van der Waals surface area contributed by atoms with E-state index in [9.17, 15) is 8.42 Å². The van der Waals surface area contributed by atoms with Gasteiger partial charge in [-0.05, 0) is 31.0 Å². The third kappa shape index (κ3) is 3.74. The Balaban J connectivity index is 2.18. The molecule has 1 fully saturated rings. The summed E-state index contributed by atoms with van der Waals surface area (Å²) < 4.78 is 38.0. The third-order valence-electron chi connectivity index (χ3n) is 3.77. The summed E-state index contributed by atoms with van der Waals surface area (Å²) in [6.07, 6.45) is 0.899. The van der Waals surface area contributed by atoms with E-state index in [1.165, 1.54) is 13.2 Å². The number of benzene rings is 1. The topological polar surface area (TPSA) is 84.9 Å². The Morgan fingerprint density at radius 3 is 2.81 bits per heavy atom. The first-order valence-corrected chi connectivity index (χ1v) is 8.35. The summed E-state index contributed by atoms with van der Waals surface area (Å²) in [7, 11) is -2.27. The first-order valence-electron chi connectivity index (χ1n) is 6.87. The van der Waals surface area contributed by atoms with Crippen molar-refractivity contribution in [3.05, 3.63) is 23.8 Å². The molecular weight excluding hydrogens is 294 g/mol. The van der Waals surface area contributed by atoms with Crippen LogP contribution in [0.4, 0.5) is 0 Å². The van der Waals surface area contributed by atoms with Crippen LogP contribution in [0, 0.1) is 5.92 Å². The minimum Gasteiger partial charge on any atom is -0.495 e. The fourth-order valence-corrected chi connectivity index (χ4v) is 3.68. The van der Waals surface area contributed by atoms with Gasteiger partial charge in [-0.1, -0.05) is 6.07 Å². The molecule has 1 aliphatic rings. The van der Waals surface area contributed by atoms with Crippen LogP contribution < -0.4 is 9.46 Å². The number of aliphatic hydroxyl groups is 1. The molecular formula is C14H21NO5S. The fourth-order valence-electron chi connectivity index (χ4n) is 2.37. The van der Waals surface area contributed by atoms with Crippen LogP contribution in [-0.2, 0) is 21.4 Å². The highest BCUT2D eigenvalue weighted by Gasteiger charge is 2.27. The molecule has 0 bridgehead atoms. The normalized spacial score (nSPS) is 22.4. The molecule has 118 valence electrons. The second-order valence-electron chi connectivity index (χ2n) is 5.12. The number of sulfonamides is 1. The number of hydrogen-bond acceptors (Lipinski definition) is 5. The third-order valence-corrected chi connectivity index (χ3v) is 5.21. The smallest absolute Gasteiger partial charge is 0.244 e. The van der Waals surface area contributed by atoms with Crippen molar-refractivity contribution in [1.29, 1.82) is 0 Å². The Morgan fingerprint density at radius 2 is 2.24 bits per heavy atom. The van der Waals surface area contributed by atoms with Crippen LogP contribution in [0.2, 0.25) is 0 Å².